The van der Waals surface area contributed by atoms with E-state index in [1.807, 2.05) is 6.92 Å². The summed E-state index contributed by atoms with van der Waals surface area (Å²) < 4.78 is 43.5. The molecule has 0 saturated heterocycles. The number of halogens is 4. The van der Waals surface area contributed by atoms with Crippen LogP contribution in [0.5, 0.6) is 0 Å². The lowest BCUT2D eigenvalue weighted by Crippen LogP contribution is -2.10. The van der Waals surface area contributed by atoms with E-state index in [4.69, 9.17) is 10.3 Å². The molecule has 0 aliphatic rings. The van der Waals surface area contributed by atoms with Crippen LogP contribution in [0.2, 0.25) is 0 Å². The van der Waals surface area contributed by atoms with Gasteiger partial charge in [0.05, 0.1) is 17.2 Å². The summed E-state index contributed by atoms with van der Waals surface area (Å²) in [5.74, 6) is 0.272. The minimum absolute atomic E-state index is 0.00174. The van der Waals surface area contributed by atoms with E-state index >= 15 is 0 Å². The smallest absolute Gasteiger partial charge is 0.334 e. The summed E-state index contributed by atoms with van der Waals surface area (Å²) in [6.45, 7) is 1.85. The van der Waals surface area contributed by atoms with Gasteiger partial charge in [-0.15, -0.1) is 0 Å². The molecule has 8 heteroatoms. The first-order chi connectivity index (χ1) is 9.32. The zero-order chi connectivity index (χ0) is 14.9. The normalized spacial score (nSPS) is 13.5. The molecular weight excluding hydrogens is 339 g/mol. The summed E-state index contributed by atoms with van der Waals surface area (Å²) in [5.41, 5.74) is 5.15. The van der Waals surface area contributed by atoms with Crippen LogP contribution in [-0.2, 0) is 6.18 Å². The average Bonchev–Trinajstić information content (AvgIpc) is 2.86. The van der Waals surface area contributed by atoms with Gasteiger partial charge in [0.25, 0.3) is 5.89 Å². The Morgan fingerprint density at radius 2 is 2.10 bits per heavy atom. The second-order valence-corrected chi connectivity index (χ2v) is 5.02. The predicted octanol–water partition coefficient (Wildman–Crippen LogP) is 3.93. The van der Waals surface area contributed by atoms with Crippen molar-refractivity contribution < 1.29 is 17.7 Å². The molecule has 0 amide bonds. The lowest BCUT2D eigenvalue weighted by atomic mass is 10.1. The summed E-state index contributed by atoms with van der Waals surface area (Å²) in [7, 11) is 0. The quantitative estimate of drug-likeness (QED) is 0.911. The van der Waals surface area contributed by atoms with E-state index in [2.05, 4.69) is 26.1 Å². The molecule has 0 fully saturated rings. The molecule has 0 aliphatic heterocycles. The molecule has 1 atom stereocenters. The molecule has 1 aromatic carbocycles. The predicted molar refractivity (Wildman–Crippen MR) is 69.7 cm³/mol. The molecule has 0 radical (unpaired) electrons. The Hall–Kier alpha value is -1.41. The molecule has 0 aliphatic carbocycles. The van der Waals surface area contributed by atoms with Crippen molar-refractivity contribution in [3.8, 4) is 11.5 Å². The fourth-order valence-electron chi connectivity index (χ4n) is 1.54. The Bertz CT molecular complexity index is 612. The SMILES string of the molecule is CCC(N)c1noc(-c2cc(C(F)(F)F)ccc2Br)n1. The van der Waals surface area contributed by atoms with Crippen molar-refractivity contribution in [2.24, 2.45) is 5.73 Å². The van der Waals surface area contributed by atoms with Gasteiger partial charge in [0.2, 0.25) is 0 Å². The largest absolute Gasteiger partial charge is 0.416 e. The first-order valence-corrected chi connectivity index (χ1v) is 6.58. The molecule has 1 unspecified atom stereocenters. The van der Waals surface area contributed by atoms with Crippen LogP contribution in [-0.4, -0.2) is 10.1 Å². The van der Waals surface area contributed by atoms with Gasteiger partial charge in [0.1, 0.15) is 0 Å². The third kappa shape index (κ3) is 3.01. The summed E-state index contributed by atoms with van der Waals surface area (Å²) in [4.78, 5) is 4.04. The lowest BCUT2D eigenvalue weighted by molar-refractivity contribution is -0.137. The molecule has 1 aromatic heterocycles. The van der Waals surface area contributed by atoms with Gasteiger partial charge in [-0.25, -0.2) is 0 Å². The molecule has 2 aromatic rings. The topological polar surface area (TPSA) is 64.9 Å². The van der Waals surface area contributed by atoms with Crippen molar-refractivity contribution in [1.82, 2.24) is 10.1 Å². The van der Waals surface area contributed by atoms with E-state index in [1.165, 1.54) is 6.07 Å². The first kappa shape index (κ1) is 15.0. The molecular formula is C12H11BrF3N3O. The second-order valence-electron chi connectivity index (χ2n) is 4.16. The van der Waals surface area contributed by atoms with Crippen LogP contribution < -0.4 is 5.73 Å². The van der Waals surface area contributed by atoms with Crippen LogP contribution in [0.15, 0.2) is 27.2 Å². The Labute approximate surface area is 121 Å². The number of hydrogen-bond acceptors (Lipinski definition) is 4. The fourth-order valence-corrected chi connectivity index (χ4v) is 1.96. The third-order valence-electron chi connectivity index (χ3n) is 2.74. The molecule has 20 heavy (non-hydrogen) atoms. The number of alkyl halides is 3. The van der Waals surface area contributed by atoms with E-state index in [1.54, 1.807) is 0 Å². The number of hydrogen-bond donors (Lipinski definition) is 1. The first-order valence-electron chi connectivity index (χ1n) is 5.79. The van der Waals surface area contributed by atoms with Crippen molar-refractivity contribution in [2.75, 3.05) is 0 Å². The fraction of sp³-hybridized carbons (Fsp3) is 0.333. The highest BCUT2D eigenvalue weighted by Crippen LogP contribution is 2.35. The van der Waals surface area contributed by atoms with Crippen LogP contribution in [0.1, 0.15) is 30.8 Å². The zero-order valence-electron chi connectivity index (χ0n) is 10.4. The van der Waals surface area contributed by atoms with E-state index in [-0.39, 0.29) is 17.3 Å². The van der Waals surface area contributed by atoms with Gasteiger partial charge >= 0.3 is 6.18 Å². The van der Waals surface area contributed by atoms with Gasteiger partial charge in [-0.05, 0) is 40.5 Å². The Morgan fingerprint density at radius 1 is 1.40 bits per heavy atom. The van der Waals surface area contributed by atoms with Crippen molar-refractivity contribution in [1.29, 1.82) is 0 Å². The summed E-state index contributed by atoms with van der Waals surface area (Å²) >= 11 is 3.17. The van der Waals surface area contributed by atoms with Gasteiger partial charge < -0.3 is 10.3 Å². The molecule has 108 valence electrons. The van der Waals surface area contributed by atoms with Crippen molar-refractivity contribution in [3.63, 3.8) is 0 Å². The highest BCUT2D eigenvalue weighted by molar-refractivity contribution is 9.10. The number of rotatable bonds is 3. The zero-order valence-corrected chi connectivity index (χ0v) is 12.0. The van der Waals surface area contributed by atoms with Crippen LogP contribution >= 0.6 is 15.9 Å². The number of benzene rings is 1. The minimum atomic E-state index is -4.43. The van der Waals surface area contributed by atoms with E-state index in [0.717, 1.165) is 12.1 Å². The minimum Gasteiger partial charge on any atom is -0.334 e. The van der Waals surface area contributed by atoms with Crippen molar-refractivity contribution in [2.45, 2.75) is 25.6 Å². The van der Waals surface area contributed by atoms with Gasteiger partial charge in [-0.2, -0.15) is 18.2 Å². The molecule has 0 spiro atoms. The molecule has 1 heterocycles. The number of aromatic nitrogens is 2. The number of nitrogens with two attached hydrogens (primary N) is 1. The third-order valence-corrected chi connectivity index (χ3v) is 3.43. The molecule has 0 saturated carbocycles. The number of nitrogens with zero attached hydrogens (tertiary/aromatic N) is 2. The van der Waals surface area contributed by atoms with E-state index in [0.29, 0.717) is 10.9 Å². The van der Waals surface area contributed by atoms with Crippen LogP contribution in [0.3, 0.4) is 0 Å². The highest BCUT2D eigenvalue weighted by Gasteiger charge is 2.31. The van der Waals surface area contributed by atoms with E-state index in [9.17, 15) is 13.2 Å². The monoisotopic (exact) mass is 349 g/mol. The van der Waals surface area contributed by atoms with E-state index < -0.39 is 17.8 Å². The molecule has 2 N–H and O–H groups in total. The maximum atomic E-state index is 12.7. The van der Waals surface area contributed by atoms with Crippen LogP contribution in [0.4, 0.5) is 13.2 Å². The molecule has 4 nitrogen and oxygen atoms in total. The Morgan fingerprint density at radius 3 is 2.70 bits per heavy atom. The Balaban J connectivity index is 2.44. The second kappa shape index (κ2) is 5.53. The van der Waals surface area contributed by atoms with Gasteiger partial charge in [0.15, 0.2) is 5.82 Å². The Kier molecular flexibility index (Phi) is 4.14. The van der Waals surface area contributed by atoms with Crippen molar-refractivity contribution >= 4 is 15.9 Å². The summed E-state index contributed by atoms with van der Waals surface area (Å²) in [6.07, 6.45) is -3.83. The molecule has 0 bridgehead atoms. The summed E-state index contributed by atoms with van der Waals surface area (Å²) in [5, 5.41) is 3.68. The van der Waals surface area contributed by atoms with Crippen molar-refractivity contribution in [3.05, 3.63) is 34.1 Å². The maximum Gasteiger partial charge on any atom is 0.416 e. The molecule has 2 rings (SSSR count). The lowest BCUT2D eigenvalue weighted by Gasteiger charge is -2.08. The average molecular weight is 350 g/mol. The van der Waals surface area contributed by atoms with Crippen LogP contribution in [0, 0.1) is 0 Å². The van der Waals surface area contributed by atoms with Gasteiger partial charge in [-0.3, -0.25) is 0 Å². The maximum absolute atomic E-state index is 12.7. The summed E-state index contributed by atoms with van der Waals surface area (Å²) in [6, 6.07) is 2.82. The highest BCUT2D eigenvalue weighted by atomic mass is 79.9. The standard InChI is InChI=1S/C12H11BrF3N3O/c1-2-9(17)10-18-11(20-19-10)7-5-6(12(14,15)16)3-4-8(7)13/h3-5,9H,2,17H2,1H3. The van der Waals surface area contributed by atoms with Gasteiger partial charge in [0, 0.05) is 4.47 Å². The van der Waals surface area contributed by atoms with Crippen LogP contribution in [0.25, 0.3) is 11.5 Å². The van der Waals surface area contributed by atoms with Gasteiger partial charge in [-0.1, -0.05) is 12.1 Å².